The second kappa shape index (κ2) is 5.01. The fraction of sp³-hybridized carbons (Fsp3) is 0.308. The maximum absolute atomic E-state index is 8.77. The molecule has 0 saturated carbocycles. The molecule has 90 valence electrons. The summed E-state index contributed by atoms with van der Waals surface area (Å²) in [4.78, 5) is 4.37. The van der Waals surface area contributed by atoms with E-state index in [2.05, 4.69) is 10.3 Å². The highest BCUT2D eigenvalue weighted by atomic mass is 16.3. The van der Waals surface area contributed by atoms with Gasteiger partial charge in [-0.15, -0.1) is 0 Å². The predicted octanol–water partition coefficient (Wildman–Crippen LogP) is 1.92. The van der Waals surface area contributed by atoms with Gasteiger partial charge in [0, 0.05) is 35.8 Å². The van der Waals surface area contributed by atoms with Crippen molar-refractivity contribution >= 4 is 22.3 Å². The Morgan fingerprint density at radius 3 is 3.00 bits per heavy atom. The molecule has 2 aromatic rings. The number of aryl methyl sites for hydroxylation is 1. The molecule has 0 spiro atoms. The third-order valence-electron chi connectivity index (χ3n) is 2.76. The molecule has 0 aliphatic heterocycles. The van der Waals surface area contributed by atoms with Gasteiger partial charge in [-0.2, -0.15) is 0 Å². The normalized spacial score (nSPS) is 10.7. The Bertz CT molecular complexity index is 517. The van der Waals surface area contributed by atoms with Crippen molar-refractivity contribution in [1.82, 2.24) is 4.98 Å². The average Bonchev–Trinajstić information content (AvgIpc) is 2.32. The van der Waals surface area contributed by atoms with Gasteiger partial charge in [0.1, 0.15) is 5.82 Å². The lowest BCUT2D eigenvalue weighted by atomic mass is 10.1. The van der Waals surface area contributed by atoms with E-state index in [1.807, 2.05) is 31.3 Å². The first-order valence-corrected chi connectivity index (χ1v) is 5.72. The Kier molecular flexibility index (Phi) is 3.44. The summed E-state index contributed by atoms with van der Waals surface area (Å²) in [6, 6.07) is 5.83. The van der Waals surface area contributed by atoms with E-state index in [-0.39, 0.29) is 6.61 Å². The molecule has 0 fully saturated rings. The fourth-order valence-corrected chi connectivity index (χ4v) is 1.93. The van der Waals surface area contributed by atoms with Crippen molar-refractivity contribution in [3.8, 4) is 0 Å². The van der Waals surface area contributed by atoms with E-state index in [0.717, 1.165) is 27.8 Å². The number of nitrogens with zero attached hydrogens (tertiary/aromatic N) is 1. The Balaban J connectivity index is 2.44. The van der Waals surface area contributed by atoms with E-state index in [1.54, 1.807) is 0 Å². The molecule has 0 atom stereocenters. The van der Waals surface area contributed by atoms with Crippen LogP contribution in [0, 0.1) is 6.92 Å². The minimum Gasteiger partial charge on any atom is -0.398 e. The number of pyridine rings is 1. The zero-order valence-corrected chi connectivity index (χ0v) is 9.90. The molecule has 1 aromatic heterocycles. The molecule has 0 aliphatic rings. The number of anilines is 2. The van der Waals surface area contributed by atoms with E-state index < -0.39 is 0 Å². The highest BCUT2D eigenvalue weighted by Crippen LogP contribution is 2.28. The Morgan fingerprint density at radius 1 is 1.41 bits per heavy atom. The molecule has 1 heterocycles. The molecule has 4 N–H and O–H groups in total. The first-order valence-electron chi connectivity index (χ1n) is 5.72. The van der Waals surface area contributed by atoms with Crippen LogP contribution >= 0.6 is 0 Å². The van der Waals surface area contributed by atoms with Crippen molar-refractivity contribution in [3.05, 3.63) is 30.0 Å². The lowest BCUT2D eigenvalue weighted by Crippen LogP contribution is -2.06. The van der Waals surface area contributed by atoms with Gasteiger partial charge in [0.25, 0.3) is 0 Å². The number of aliphatic hydroxyl groups excluding tert-OH is 1. The number of hydrogen-bond acceptors (Lipinski definition) is 4. The monoisotopic (exact) mass is 231 g/mol. The van der Waals surface area contributed by atoms with Crippen LogP contribution in [-0.2, 0) is 0 Å². The standard InChI is InChI=1S/C13H17N3O/c1-9-8-16-13(15-6-3-7-17)10-4-2-5-11(14)12(9)10/h2,4-5,8,17H,3,6-7,14H2,1H3,(H,15,16). The van der Waals surface area contributed by atoms with E-state index >= 15 is 0 Å². The van der Waals surface area contributed by atoms with E-state index in [4.69, 9.17) is 10.8 Å². The number of nitrogens with one attached hydrogen (secondary N) is 1. The van der Waals surface area contributed by atoms with Crippen molar-refractivity contribution in [3.63, 3.8) is 0 Å². The first kappa shape index (κ1) is 11.7. The third kappa shape index (κ3) is 2.31. The van der Waals surface area contributed by atoms with Gasteiger partial charge in [-0.1, -0.05) is 12.1 Å². The largest absolute Gasteiger partial charge is 0.398 e. The fourth-order valence-electron chi connectivity index (χ4n) is 1.93. The summed E-state index contributed by atoms with van der Waals surface area (Å²) in [5, 5.41) is 14.1. The summed E-state index contributed by atoms with van der Waals surface area (Å²) in [6.45, 7) is 2.89. The maximum atomic E-state index is 8.77. The Hall–Kier alpha value is -1.81. The zero-order valence-electron chi connectivity index (χ0n) is 9.90. The topological polar surface area (TPSA) is 71.2 Å². The minimum absolute atomic E-state index is 0.179. The van der Waals surface area contributed by atoms with Crippen LogP contribution in [0.15, 0.2) is 24.4 Å². The Morgan fingerprint density at radius 2 is 2.24 bits per heavy atom. The summed E-state index contributed by atoms with van der Waals surface area (Å²) in [6.07, 6.45) is 2.53. The molecule has 17 heavy (non-hydrogen) atoms. The number of nitrogen functional groups attached to an aromatic ring is 1. The molecular formula is C13H17N3O. The van der Waals surface area contributed by atoms with Gasteiger partial charge in [-0.05, 0) is 25.0 Å². The van der Waals surface area contributed by atoms with Crippen LogP contribution in [0.2, 0.25) is 0 Å². The quantitative estimate of drug-likeness (QED) is 0.555. The van der Waals surface area contributed by atoms with E-state index in [1.165, 1.54) is 0 Å². The van der Waals surface area contributed by atoms with Crippen LogP contribution in [0.25, 0.3) is 10.8 Å². The summed E-state index contributed by atoms with van der Waals surface area (Å²) in [7, 11) is 0. The van der Waals surface area contributed by atoms with Gasteiger partial charge in [-0.25, -0.2) is 4.98 Å². The van der Waals surface area contributed by atoms with Gasteiger partial charge in [-0.3, -0.25) is 0 Å². The number of rotatable bonds is 4. The zero-order chi connectivity index (χ0) is 12.3. The van der Waals surface area contributed by atoms with Gasteiger partial charge >= 0.3 is 0 Å². The predicted molar refractivity (Wildman–Crippen MR) is 71.1 cm³/mol. The number of aromatic nitrogens is 1. The number of benzene rings is 1. The number of fused-ring (bicyclic) bond motifs is 1. The van der Waals surface area contributed by atoms with Gasteiger partial charge < -0.3 is 16.2 Å². The van der Waals surface area contributed by atoms with Gasteiger partial charge in [0.2, 0.25) is 0 Å². The van der Waals surface area contributed by atoms with E-state index in [9.17, 15) is 0 Å². The number of nitrogens with two attached hydrogens (primary N) is 1. The molecule has 4 heteroatoms. The van der Waals surface area contributed by atoms with Crippen LogP contribution in [0.5, 0.6) is 0 Å². The SMILES string of the molecule is Cc1cnc(NCCCO)c2cccc(N)c12. The third-order valence-corrected chi connectivity index (χ3v) is 2.76. The molecule has 0 unspecified atom stereocenters. The summed E-state index contributed by atoms with van der Waals surface area (Å²) in [5.41, 5.74) is 7.83. The summed E-state index contributed by atoms with van der Waals surface area (Å²) < 4.78 is 0. The molecule has 0 bridgehead atoms. The highest BCUT2D eigenvalue weighted by molar-refractivity contribution is 6.01. The molecule has 0 radical (unpaired) electrons. The van der Waals surface area contributed by atoms with Gasteiger partial charge in [0.05, 0.1) is 0 Å². The summed E-state index contributed by atoms with van der Waals surface area (Å²) in [5.74, 6) is 0.825. The van der Waals surface area contributed by atoms with Crippen LogP contribution in [0.4, 0.5) is 11.5 Å². The van der Waals surface area contributed by atoms with Crippen molar-refractivity contribution in [2.45, 2.75) is 13.3 Å². The molecule has 0 amide bonds. The van der Waals surface area contributed by atoms with Crippen LogP contribution in [0.3, 0.4) is 0 Å². The lowest BCUT2D eigenvalue weighted by molar-refractivity contribution is 0.292. The highest BCUT2D eigenvalue weighted by Gasteiger charge is 2.06. The Labute approximate surface area is 100 Å². The van der Waals surface area contributed by atoms with E-state index in [0.29, 0.717) is 13.0 Å². The molecule has 0 aliphatic carbocycles. The molecule has 0 saturated heterocycles. The number of aliphatic hydroxyl groups is 1. The van der Waals surface area contributed by atoms with Crippen molar-refractivity contribution in [1.29, 1.82) is 0 Å². The van der Waals surface area contributed by atoms with Crippen LogP contribution < -0.4 is 11.1 Å². The van der Waals surface area contributed by atoms with Crippen molar-refractivity contribution in [2.75, 3.05) is 24.2 Å². The summed E-state index contributed by atoms with van der Waals surface area (Å²) >= 11 is 0. The second-order valence-electron chi connectivity index (χ2n) is 4.06. The molecule has 2 rings (SSSR count). The first-order chi connectivity index (χ1) is 8.24. The molecule has 1 aromatic carbocycles. The maximum Gasteiger partial charge on any atom is 0.133 e. The van der Waals surface area contributed by atoms with Gasteiger partial charge in [0.15, 0.2) is 0 Å². The molecule has 4 nitrogen and oxygen atoms in total. The lowest BCUT2D eigenvalue weighted by Gasteiger charge is -2.11. The average molecular weight is 231 g/mol. The minimum atomic E-state index is 0.179. The smallest absolute Gasteiger partial charge is 0.133 e. The van der Waals surface area contributed by atoms with Crippen LogP contribution in [-0.4, -0.2) is 23.2 Å². The second-order valence-corrected chi connectivity index (χ2v) is 4.06. The number of hydrogen-bond donors (Lipinski definition) is 3. The van der Waals surface area contributed by atoms with Crippen LogP contribution in [0.1, 0.15) is 12.0 Å². The molecular weight excluding hydrogens is 214 g/mol. The van der Waals surface area contributed by atoms with Crippen molar-refractivity contribution in [2.24, 2.45) is 0 Å². The van der Waals surface area contributed by atoms with Crippen molar-refractivity contribution < 1.29 is 5.11 Å².